The SMILES string of the molecule is CC(C)Oc1ccc2c(ccn2CCc2nccn2C)c1. The Hall–Kier alpha value is -2.23. The van der Waals surface area contributed by atoms with Crippen molar-refractivity contribution in [1.29, 1.82) is 0 Å². The number of fused-ring (bicyclic) bond motifs is 1. The molecular weight excluding hydrogens is 262 g/mol. The highest BCUT2D eigenvalue weighted by molar-refractivity contribution is 5.81. The quantitative estimate of drug-likeness (QED) is 0.718. The smallest absolute Gasteiger partial charge is 0.120 e. The number of hydrogen-bond acceptors (Lipinski definition) is 2. The summed E-state index contributed by atoms with van der Waals surface area (Å²) in [5, 5.41) is 1.22. The molecule has 2 heterocycles. The third-order valence-electron chi connectivity index (χ3n) is 3.61. The summed E-state index contributed by atoms with van der Waals surface area (Å²) in [5.41, 5.74) is 1.24. The van der Waals surface area contributed by atoms with E-state index in [0.717, 1.165) is 24.5 Å². The van der Waals surface area contributed by atoms with Gasteiger partial charge in [-0.2, -0.15) is 0 Å². The van der Waals surface area contributed by atoms with Crippen LogP contribution in [-0.4, -0.2) is 20.2 Å². The molecule has 0 atom stereocenters. The predicted molar refractivity (Wildman–Crippen MR) is 84.6 cm³/mol. The third-order valence-corrected chi connectivity index (χ3v) is 3.61. The minimum absolute atomic E-state index is 0.202. The highest BCUT2D eigenvalue weighted by Crippen LogP contribution is 2.23. The Morgan fingerprint density at radius 1 is 1.19 bits per heavy atom. The van der Waals surface area contributed by atoms with Crippen LogP contribution in [0, 0.1) is 0 Å². The molecule has 4 heteroatoms. The van der Waals surface area contributed by atoms with Crippen LogP contribution < -0.4 is 4.74 Å². The van der Waals surface area contributed by atoms with Gasteiger partial charge in [-0.1, -0.05) is 0 Å². The molecule has 0 fully saturated rings. The van der Waals surface area contributed by atoms with Crippen LogP contribution in [0.25, 0.3) is 10.9 Å². The van der Waals surface area contributed by atoms with Gasteiger partial charge in [-0.25, -0.2) is 4.98 Å². The van der Waals surface area contributed by atoms with Gasteiger partial charge in [-0.15, -0.1) is 0 Å². The monoisotopic (exact) mass is 283 g/mol. The van der Waals surface area contributed by atoms with Crippen molar-refractivity contribution in [2.45, 2.75) is 32.9 Å². The van der Waals surface area contributed by atoms with Crippen LogP contribution in [-0.2, 0) is 20.0 Å². The zero-order chi connectivity index (χ0) is 14.8. The van der Waals surface area contributed by atoms with Gasteiger partial charge in [0, 0.05) is 49.5 Å². The molecule has 21 heavy (non-hydrogen) atoms. The van der Waals surface area contributed by atoms with Crippen LogP contribution >= 0.6 is 0 Å². The van der Waals surface area contributed by atoms with E-state index in [2.05, 4.69) is 38.5 Å². The molecular formula is C17H21N3O. The van der Waals surface area contributed by atoms with Crippen LogP contribution in [0.15, 0.2) is 42.9 Å². The maximum absolute atomic E-state index is 5.74. The summed E-state index contributed by atoms with van der Waals surface area (Å²) in [6.07, 6.45) is 7.09. The average Bonchev–Trinajstić information content (AvgIpc) is 3.02. The van der Waals surface area contributed by atoms with Crippen molar-refractivity contribution < 1.29 is 4.74 Å². The minimum Gasteiger partial charge on any atom is -0.491 e. The lowest BCUT2D eigenvalue weighted by Gasteiger charge is -2.10. The Bertz CT molecular complexity index is 739. The summed E-state index contributed by atoms with van der Waals surface area (Å²) in [6, 6.07) is 8.42. The van der Waals surface area contributed by atoms with Crippen LogP contribution in [0.5, 0.6) is 5.75 Å². The van der Waals surface area contributed by atoms with Crippen molar-refractivity contribution in [1.82, 2.24) is 14.1 Å². The highest BCUT2D eigenvalue weighted by atomic mass is 16.5. The largest absolute Gasteiger partial charge is 0.491 e. The standard InChI is InChI=1S/C17H21N3O/c1-13(2)21-15-4-5-16-14(12-15)6-9-20(16)10-7-17-18-8-11-19(17)3/h4-6,8-9,11-13H,7,10H2,1-3H3. The molecule has 0 N–H and O–H groups in total. The van der Waals surface area contributed by atoms with Gasteiger partial charge in [0.25, 0.3) is 0 Å². The Balaban J connectivity index is 1.79. The maximum atomic E-state index is 5.74. The zero-order valence-corrected chi connectivity index (χ0v) is 12.8. The topological polar surface area (TPSA) is 32.0 Å². The molecule has 0 radical (unpaired) electrons. The van der Waals surface area contributed by atoms with Crippen molar-refractivity contribution in [3.8, 4) is 5.75 Å². The number of hydrogen-bond donors (Lipinski definition) is 0. The van der Waals surface area contributed by atoms with E-state index in [1.807, 2.05) is 39.4 Å². The molecule has 0 aliphatic carbocycles. The van der Waals surface area contributed by atoms with E-state index in [9.17, 15) is 0 Å². The molecule has 0 amide bonds. The number of imidazole rings is 1. The summed E-state index contributed by atoms with van der Waals surface area (Å²) < 4.78 is 10.1. The second-order valence-electron chi connectivity index (χ2n) is 5.60. The minimum atomic E-state index is 0.202. The summed E-state index contributed by atoms with van der Waals surface area (Å²) in [7, 11) is 2.03. The lowest BCUT2D eigenvalue weighted by molar-refractivity contribution is 0.243. The van der Waals surface area contributed by atoms with Crippen LogP contribution in [0.4, 0.5) is 0 Å². The molecule has 2 aromatic heterocycles. The van der Waals surface area contributed by atoms with Gasteiger partial charge in [0.2, 0.25) is 0 Å². The first-order valence-electron chi connectivity index (χ1n) is 7.35. The number of aromatic nitrogens is 3. The second-order valence-corrected chi connectivity index (χ2v) is 5.60. The first-order valence-corrected chi connectivity index (χ1v) is 7.35. The van der Waals surface area contributed by atoms with E-state index in [1.54, 1.807) is 0 Å². The van der Waals surface area contributed by atoms with Gasteiger partial charge in [-0.05, 0) is 38.1 Å². The van der Waals surface area contributed by atoms with E-state index in [4.69, 9.17) is 4.74 Å². The van der Waals surface area contributed by atoms with Crippen molar-refractivity contribution >= 4 is 10.9 Å². The van der Waals surface area contributed by atoms with Crippen molar-refractivity contribution in [2.75, 3.05) is 0 Å². The van der Waals surface area contributed by atoms with E-state index in [0.29, 0.717) is 0 Å². The zero-order valence-electron chi connectivity index (χ0n) is 12.8. The first kappa shape index (κ1) is 13.7. The molecule has 3 aromatic rings. The van der Waals surface area contributed by atoms with Gasteiger partial charge >= 0.3 is 0 Å². The molecule has 0 saturated carbocycles. The molecule has 110 valence electrons. The van der Waals surface area contributed by atoms with E-state index < -0.39 is 0 Å². The molecule has 0 aliphatic heterocycles. The predicted octanol–water partition coefficient (Wildman–Crippen LogP) is 3.40. The fourth-order valence-electron chi connectivity index (χ4n) is 2.58. The van der Waals surface area contributed by atoms with E-state index >= 15 is 0 Å². The summed E-state index contributed by atoms with van der Waals surface area (Å²) in [4.78, 5) is 4.37. The van der Waals surface area contributed by atoms with Crippen LogP contribution in [0.3, 0.4) is 0 Å². The van der Waals surface area contributed by atoms with Crippen LogP contribution in [0.1, 0.15) is 19.7 Å². The Morgan fingerprint density at radius 3 is 2.76 bits per heavy atom. The van der Waals surface area contributed by atoms with Gasteiger partial charge in [0.05, 0.1) is 6.10 Å². The molecule has 4 nitrogen and oxygen atoms in total. The number of benzene rings is 1. The van der Waals surface area contributed by atoms with E-state index in [1.165, 1.54) is 10.9 Å². The lowest BCUT2D eigenvalue weighted by Crippen LogP contribution is -2.06. The average molecular weight is 283 g/mol. The highest BCUT2D eigenvalue weighted by Gasteiger charge is 2.05. The van der Waals surface area contributed by atoms with Crippen molar-refractivity contribution in [2.24, 2.45) is 7.05 Å². The van der Waals surface area contributed by atoms with E-state index in [-0.39, 0.29) is 6.10 Å². The number of ether oxygens (including phenoxy) is 1. The van der Waals surface area contributed by atoms with Gasteiger partial charge in [0.1, 0.15) is 11.6 Å². The van der Waals surface area contributed by atoms with Gasteiger partial charge in [0.15, 0.2) is 0 Å². The Labute approximate surface area is 125 Å². The van der Waals surface area contributed by atoms with Crippen LogP contribution in [0.2, 0.25) is 0 Å². The molecule has 0 aliphatic rings. The molecule has 0 bridgehead atoms. The summed E-state index contributed by atoms with van der Waals surface area (Å²) in [6.45, 7) is 5.02. The second kappa shape index (κ2) is 5.64. The third kappa shape index (κ3) is 2.94. The molecule has 0 unspecified atom stereocenters. The van der Waals surface area contributed by atoms with Crippen molar-refractivity contribution in [3.05, 3.63) is 48.7 Å². The molecule has 0 spiro atoms. The Kier molecular flexibility index (Phi) is 3.69. The van der Waals surface area contributed by atoms with Gasteiger partial charge in [-0.3, -0.25) is 0 Å². The summed E-state index contributed by atoms with van der Waals surface area (Å²) in [5.74, 6) is 2.04. The number of aryl methyl sites for hydroxylation is 3. The molecule has 3 rings (SSSR count). The summed E-state index contributed by atoms with van der Waals surface area (Å²) >= 11 is 0. The maximum Gasteiger partial charge on any atom is 0.120 e. The first-order chi connectivity index (χ1) is 10.1. The number of nitrogens with zero attached hydrogens (tertiary/aromatic N) is 3. The van der Waals surface area contributed by atoms with Crippen molar-refractivity contribution in [3.63, 3.8) is 0 Å². The number of rotatable bonds is 5. The fourth-order valence-corrected chi connectivity index (χ4v) is 2.58. The Morgan fingerprint density at radius 2 is 2.05 bits per heavy atom. The fraction of sp³-hybridized carbons (Fsp3) is 0.353. The molecule has 0 saturated heterocycles. The van der Waals surface area contributed by atoms with Gasteiger partial charge < -0.3 is 13.9 Å². The molecule has 1 aromatic carbocycles. The lowest BCUT2D eigenvalue weighted by atomic mass is 10.2. The normalized spacial score (nSPS) is 11.4.